The van der Waals surface area contributed by atoms with Crippen LogP contribution in [0.5, 0.6) is 0 Å². The fourth-order valence-corrected chi connectivity index (χ4v) is 2.69. The number of carbonyl (C=O) groups excluding carboxylic acids is 3. The van der Waals surface area contributed by atoms with E-state index in [2.05, 4.69) is 14.2 Å². The highest BCUT2D eigenvalue weighted by Gasteiger charge is 2.28. The minimum atomic E-state index is -4.14. The van der Waals surface area contributed by atoms with Crippen molar-refractivity contribution in [3.05, 3.63) is 24.3 Å². The zero-order valence-corrected chi connectivity index (χ0v) is 14.2. The van der Waals surface area contributed by atoms with Gasteiger partial charge in [0.2, 0.25) is 0 Å². The number of methoxy groups -OCH3 is 3. The molecular weight excluding hydrogens is 344 g/mol. The summed E-state index contributed by atoms with van der Waals surface area (Å²) in [6, 6.07) is 4.60. The van der Waals surface area contributed by atoms with Crippen LogP contribution < -0.4 is 4.90 Å². The zero-order chi connectivity index (χ0) is 18.5. The van der Waals surface area contributed by atoms with Crippen LogP contribution in [0.15, 0.2) is 29.2 Å². The molecule has 1 aromatic rings. The fraction of sp³-hybridized carbons (Fsp3) is 0.308. The molecule has 132 valence electrons. The Morgan fingerprint density at radius 1 is 0.833 bits per heavy atom. The molecule has 11 heteroatoms. The molecule has 0 atom stereocenters. The Balaban J connectivity index is 3.22. The van der Waals surface area contributed by atoms with Gasteiger partial charge in [0.05, 0.1) is 31.9 Å². The summed E-state index contributed by atoms with van der Waals surface area (Å²) in [7, 11) is 0.0829. The van der Waals surface area contributed by atoms with Crippen LogP contribution in [0.3, 0.4) is 0 Å². The van der Waals surface area contributed by atoms with Crippen LogP contribution >= 0.6 is 0 Å². The minimum absolute atomic E-state index is 0.0216. The highest BCUT2D eigenvalue weighted by Crippen LogP contribution is 2.21. The van der Waals surface area contributed by atoms with E-state index in [1.54, 1.807) is 0 Å². The molecule has 0 aliphatic heterocycles. The molecule has 0 saturated heterocycles. The van der Waals surface area contributed by atoms with E-state index in [0.29, 0.717) is 9.21 Å². The van der Waals surface area contributed by atoms with E-state index in [1.165, 1.54) is 12.1 Å². The van der Waals surface area contributed by atoms with Gasteiger partial charge in [0.25, 0.3) is 10.0 Å². The lowest BCUT2D eigenvalue weighted by Gasteiger charge is -2.19. The second-order valence-electron chi connectivity index (χ2n) is 4.21. The lowest BCUT2D eigenvalue weighted by molar-refractivity contribution is 0.154. The van der Waals surface area contributed by atoms with Crippen molar-refractivity contribution in [2.45, 2.75) is 4.90 Å². The first-order valence-electron chi connectivity index (χ1n) is 6.33. The number of imide groups is 1. The third kappa shape index (κ3) is 3.74. The van der Waals surface area contributed by atoms with E-state index in [1.807, 2.05) is 0 Å². The van der Waals surface area contributed by atoms with E-state index in [4.69, 9.17) is 0 Å². The van der Waals surface area contributed by atoms with Gasteiger partial charge in [-0.15, -0.1) is 0 Å². The first kappa shape index (κ1) is 19.2. The first-order chi connectivity index (χ1) is 11.2. The predicted octanol–water partition coefficient (Wildman–Crippen LogP) is 1.41. The number of hydrogen-bond donors (Lipinski definition) is 0. The molecule has 0 aliphatic rings. The van der Waals surface area contributed by atoms with Crippen molar-refractivity contribution < 1.29 is 37.0 Å². The normalized spacial score (nSPS) is 10.5. The van der Waals surface area contributed by atoms with Gasteiger partial charge in [-0.1, -0.05) is 0 Å². The number of benzene rings is 1. The molecule has 0 aliphatic carbocycles. The van der Waals surface area contributed by atoms with Gasteiger partial charge in [-0.05, 0) is 24.3 Å². The Morgan fingerprint density at radius 3 is 1.62 bits per heavy atom. The molecular formula is C13H16N2O8S. The molecule has 0 fully saturated rings. The molecule has 0 N–H and O–H groups in total. The largest absolute Gasteiger partial charge is 0.452 e. The van der Waals surface area contributed by atoms with Crippen molar-refractivity contribution in [1.29, 1.82) is 0 Å². The van der Waals surface area contributed by atoms with Crippen molar-refractivity contribution in [2.75, 3.05) is 33.3 Å². The van der Waals surface area contributed by atoms with Gasteiger partial charge in [-0.3, -0.25) is 0 Å². The Labute approximate surface area is 138 Å². The number of sulfonamides is 1. The average molecular weight is 360 g/mol. The lowest BCUT2D eigenvalue weighted by atomic mass is 10.3. The van der Waals surface area contributed by atoms with E-state index < -0.39 is 28.3 Å². The maximum atomic E-state index is 12.2. The number of nitrogens with zero attached hydrogens (tertiary/aromatic N) is 2. The third-order valence-corrected chi connectivity index (χ3v) is 4.64. The quantitative estimate of drug-likeness (QED) is 0.742. The van der Waals surface area contributed by atoms with Crippen molar-refractivity contribution in [3.63, 3.8) is 0 Å². The summed E-state index contributed by atoms with van der Waals surface area (Å²) in [5.74, 6) is 0. The van der Waals surface area contributed by atoms with Crippen LogP contribution in [0.4, 0.5) is 20.1 Å². The summed E-state index contributed by atoms with van der Waals surface area (Å²) >= 11 is 0. The van der Waals surface area contributed by atoms with Crippen molar-refractivity contribution in [2.24, 2.45) is 0 Å². The maximum absolute atomic E-state index is 12.2. The molecule has 0 saturated carbocycles. The van der Waals surface area contributed by atoms with Crippen molar-refractivity contribution in [3.8, 4) is 0 Å². The third-order valence-electron chi connectivity index (χ3n) is 2.90. The predicted molar refractivity (Wildman–Crippen MR) is 81.1 cm³/mol. The van der Waals surface area contributed by atoms with Gasteiger partial charge in [-0.25, -0.2) is 27.1 Å². The topological polar surface area (TPSA) is 120 Å². The van der Waals surface area contributed by atoms with Crippen LogP contribution in [0.2, 0.25) is 0 Å². The van der Waals surface area contributed by atoms with E-state index in [-0.39, 0.29) is 10.6 Å². The summed E-state index contributed by atoms with van der Waals surface area (Å²) in [5.41, 5.74) is 0.0216. The standard InChI is InChI=1S/C13H16N2O8S/c1-14(11(16)21-2)24(19,20)10-7-5-9(6-8-10)15(12(17)22-3)13(18)23-4/h5-8H,1-4H3. The number of hydrogen-bond acceptors (Lipinski definition) is 8. The Hall–Kier alpha value is -2.82. The molecule has 3 amide bonds. The summed E-state index contributed by atoms with van der Waals surface area (Å²) < 4.78 is 38.2. The van der Waals surface area contributed by atoms with E-state index >= 15 is 0 Å². The van der Waals surface area contributed by atoms with Crippen LogP contribution in [0, 0.1) is 0 Å². The van der Waals surface area contributed by atoms with Gasteiger partial charge in [0.15, 0.2) is 0 Å². The Kier molecular flexibility index (Phi) is 6.12. The average Bonchev–Trinajstić information content (AvgIpc) is 2.60. The van der Waals surface area contributed by atoms with E-state index in [9.17, 15) is 22.8 Å². The fourth-order valence-electron chi connectivity index (χ4n) is 1.62. The van der Waals surface area contributed by atoms with Crippen LogP contribution in [-0.2, 0) is 24.2 Å². The number of rotatable bonds is 3. The SMILES string of the molecule is COC(=O)N(C(=O)OC)c1ccc(S(=O)(=O)N(C)C(=O)OC)cc1. The molecule has 10 nitrogen and oxygen atoms in total. The van der Waals surface area contributed by atoms with E-state index in [0.717, 1.165) is 40.5 Å². The number of carbonyl (C=O) groups is 3. The molecule has 0 unspecified atom stereocenters. The van der Waals surface area contributed by atoms with Gasteiger partial charge >= 0.3 is 18.3 Å². The molecule has 24 heavy (non-hydrogen) atoms. The van der Waals surface area contributed by atoms with Gasteiger partial charge in [0, 0.05) is 7.05 Å². The smallest absolute Gasteiger partial charge is 0.423 e. The van der Waals surface area contributed by atoms with Crippen molar-refractivity contribution >= 4 is 34.0 Å². The summed E-state index contributed by atoms with van der Waals surface area (Å²) in [6.07, 6.45) is -3.09. The maximum Gasteiger partial charge on any atom is 0.423 e. The molecule has 0 aromatic heterocycles. The van der Waals surface area contributed by atoms with Gasteiger partial charge < -0.3 is 14.2 Å². The van der Waals surface area contributed by atoms with Gasteiger partial charge in [0.1, 0.15) is 0 Å². The highest BCUT2D eigenvalue weighted by atomic mass is 32.2. The summed E-state index contributed by atoms with van der Waals surface area (Å²) in [5, 5.41) is 0. The number of ether oxygens (including phenoxy) is 3. The summed E-state index contributed by atoms with van der Waals surface area (Å²) in [4.78, 5) is 35.0. The lowest BCUT2D eigenvalue weighted by Crippen LogP contribution is -2.37. The monoisotopic (exact) mass is 360 g/mol. The molecule has 0 heterocycles. The molecule has 0 spiro atoms. The van der Waals surface area contributed by atoms with Crippen molar-refractivity contribution in [1.82, 2.24) is 4.31 Å². The van der Waals surface area contributed by atoms with Gasteiger partial charge in [-0.2, -0.15) is 4.90 Å². The molecule has 1 aromatic carbocycles. The summed E-state index contributed by atoms with van der Waals surface area (Å²) in [6.45, 7) is 0. The Bertz CT molecular complexity index is 713. The zero-order valence-electron chi connectivity index (χ0n) is 13.4. The first-order valence-corrected chi connectivity index (χ1v) is 7.77. The second kappa shape index (κ2) is 7.64. The number of amides is 3. The highest BCUT2D eigenvalue weighted by molar-refractivity contribution is 7.89. The minimum Gasteiger partial charge on any atom is -0.452 e. The molecule has 1 rings (SSSR count). The van der Waals surface area contributed by atoms with Crippen LogP contribution in [-0.4, -0.2) is 59.4 Å². The molecule has 0 bridgehead atoms. The van der Waals surface area contributed by atoms with Crippen LogP contribution in [0.25, 0.3) is 0 Å². The Morgan fingerprint density at radius 2 is 1.25 bits per heavy atom. The molecule has 0 radical (unpaired) electrons. The number of anilines is 1. The second-order valence-corrected chi connectivity index (χ2v) is 6.18. The van der Waals surface area contributed by atoms with Crippen LogP contribution in [0.1, 0.15) is 0 Å².